The third kappa shape index (κ3) is 2.07. The summed E-state index contributed by atoms with van der Waals surface area (Å²) in [6.07, 6.45) is 1.35. The van der Waals surface area contributed by atoms with Crippen molar-refractivity contribution in [3.8, 4) is 0 Å². The topological polar surface area (TPSA) is 61.7 Å². The van der Waals surface area contributed by atoms with E-state index in [1.165, 1.54) is 6.21 Å². The van der Waals surface area contributed by atoms with Crippen LogP contribution in [-0.4, -0.2) is 17.1 Å². The van der Waals surface area contributed by atoms with Crippen LogP contribution in [0.3, 0.4) is 0 Å². The van der Waals surface area contributed by atoms with Crippen molar-refractivity contribution in [1.29, 1.82) is 0 Å². The highest BCUT2D eigenvalue weighted by Crippen LogP contribution is 2.29. The number of nitrogens with one attached hydrogen (secondary N) is 1. The Bertz CT molecular complexity index is 718. The Morgan fingerprint density at radius 3 is 2.30 bits per heavy atom. The van der Waals surface area contributed by atoms with Crippen molar-refractivity contribution in [3.05, 3.63) is 71.3 Å². The van der Waals surface area contributed by atoms with Gasteiger partial charge in [0, 0.05) is 11.1 Å². The molecule has 0 spiro atoms. The fourth-order valence-electron chi connectivity index (χ4n) is 2.09. The molecule has 1 aliphatic carbocycles. The predicted octanol–water partition coefficient (Wildman–Crippen LogP) is 3.25. The molecule has 2 N–H and O–H groups in total. The molecule has 0 fully saturated rings. The van der Waals surface area contributed by atoms with Crippen molar-refractivity contribution in [2.45, 2.75) is 0 Å². The molecular weight excluding hydrogens is 252 g/mol. The van der Waals surface area contributed by atoms with E-state index in [0.717, 1.165) is 5.69 Å². The van der Waals surface area contributed by atoms with Gasteiger partial charge < -0.3 is 5.11 Å². The molecule has 0 bridgehead atoms. The van der Waals surface area contributed by atoms with Crippen molar-refractivity contribution in [1.82, 2.24) is 0 Å². The lowest BCUT2D eigenvalue weighted by molar-refractivity contribution is 0.104. The van der Waals surface area contributed by atoms with Gasteiger partial charge in [0.1, 0.15) is 5.76 Å². The van der Waals surface area contributed by atoms with Crippen molar-refractivity contribution in [3.63, 3.8) is 0 Å². The number of aliphatic hydroxyl groups is 1. The fourth-order valence-corrected chi connectivity index (χ4v) is 2.09. The lowest BCUT2D eigenvalue weighted by Gasteiger charge is -1.98. The summed E-state index contributed by atoms with van der Waals surface area (Å²) >= 11 is 0. The fraction of sp³-hybridized carbons (Fsp3) is 0. The predicted molar refractivity (Wildman–Crippen MR) is 78.9 cm³/mol. The molecule has 98 valence electrons. The summed E-state index contributed by atoms with van der Waals surface area (Å²) in [6, 6.07) is 16.3. The van der Waals surface area contributed by atoms with E-state index >= 15 is 0 Å². The van der Waals surface area contributed by atoms with Gasteiger partial charge in [0.15, 0.2) is 5.78 Å². The lowest BCUT2D eigenvalue weighted by Crippen LogP contribution is -2.01. The first-order chi connectivity index (χ1) is 9.77. The van der Waals surface area contributed by atoms with Crippen LogP contribution in [0, 0.1) is 0 Å². The van der Waals surface area contributed by atoms with E-state index in [-0.39, 0.29) is 17.1 Å². The normalized spacial score (nSPS) is 13.9. The highest BCUT2D eigenvalue weighted by atomic mass is 16.3. The first-order valence-electron chi connectivity index (χ1n) is 6.19. The molecule has 4 heteroatoms. The maximum Gasteiger partial charge on any atom is 0.199 e. The number of aliphatic hydroxyl groups excluding tert-OH is 1. The van der Waals surface area contributed by atoms with Crippen LogP contribution in [0.1, 0.15) is 15.9 Å². The summed E-state index contributed by atoms with van der Waals surface area (Å²) in [4.78, 5) is 12.1. The smallest absolute Gasteiger partial charge is 0.199 e. The third-order valence-electron chi connectivity index (χ3n) is 3.09. The SMILES string of the molecule is O=C1C(/C=N/Nc2ccccc2)=C(O)c2ccccc21. The molecule has 0 atom stereocenters. The number of nitrogens with zero attached hydrogens (tertiary/aromatic N) is 1. The average Bonchev–Trinajstić information content (AvgIpc) is 2.74. The van der Waals surface area contributed by atoms with Crippen LogP contribution >= 0.6 is 0 Å². The van der Waals surface area contributed by atoms with Crippen molar-refractivity contribution in [2.24, 2.45) is 5.10 Å². The Hall–Kier alpha value is -2.88. The van der Waals surface area contributed by atoms with E-state index in [1.54, 1.807) is 24.3 Å². The number of rotatable bonds is 3. The van der Waals surface area contributed by atoms with Gasteiger partial charge in [-0.25, -0.2) is 0 Å². The Kier molecular flexibility index (Phi) is 3.05. The summed E-state index contributed by atoms with van der Waals surface area (Å²) in [5.74, 6) is -0.235. The molecule has 0 saturated heterocycles. The number of para-hydroxylation sites is 1. The number of carbonyl (C=O) groups is 1. The van der Waals surface area contributed by atoms with Crippen LogP contribution in [-0.2, 0) is 0 Å². The number of allylic oxidation sites excluding steroid dienone is 1. The van der Waals surface area contributed by atoms with Crippen molar-refractivity contribution >= 4 is 23.4 Å². The molecular formula is C16H12N2O2. The highest BCUT2D eigenvalue weighted by molar-refractivity contribution is 6.30. The lowest BCUT2D eigenvalue weighted by atomic mass is 10.1. The first kappa shape index (κ1) is 12.2. The van der Waals surface area contributed by atoms with E-state index in [0.29, 0.717) is 11.1 Å². The molecule has 0 unspecified atom stereocenters. The van der Waals surface area contributed by atoms with Gasteiger partial charge in [-0.05, 0) is 12.1 Å². The van der Waals surface area contributed by atoms with Crippen LogP contribution in [0.15, 0.2) is 65.3 Å². The van der Waals surface area contributed by atoms with Crippen LogP contribution in [0.25, 0.3) is 5.76 Å². The van der Waals surface area contributed by atoms with Gasteiger partial charge in [-0.1, -0.05) is 42.5 Å². The van der Waals surface area contributed by atoms with Crippen molar-refractivity contribution in [2.75, 3.05) is 5.43 Å². The zero-order valence-electron chi connectivity index (χ0n) is 10.6. The summed E-state index contributed by atoms with van der Waals surface area (Å²) in [5.41, 5.74) is 4.89. The van der Waals surface area contributed by atoms with E-state index in [1.807, 2.05) is 30.3 Å². The number of benzene rings is 2. The van der Waals surface area contributed by atoms with Gasteiger partial charge >= 0.3 is 0 Å². The largest absolute Gasteiger partial charge is 0.506 e. The van der Waals surface area contributed by atoms with Crippen LogP contribution < -0.4 is 5.43 Å². The molecule has 4 nitrogen and oxygen atoms in total. The molecule has 0 heterocycles. The summed E-state index contributed by atoms with van der Waals surface area (Å²) < 4.78 is 0. The summed E-state index contributed by atoms with van der Waals surface area (Å²) in [6.45, 7) is 0. The minimum atomic E-state index is -0.211. The minimum Gasteiger partial charge on any atom is -0.506 e. The Morgan fingerprint density at radius 1 is 0.950 bits per heavy atom. The molecule has 3 rings (SSSR count). The number of hydrogen-bond donors (Lipinski definition) is 2. The van der Waals surface area contributed by atoms with Gasteiger partial charge in [0.2, 0.25) is 0 Å². The Balaban J connectivity index is 1.82. The quantitative estimate of drug-likeness (QED) is 0.660. The van der Waals surface area contributed by atoms with Gasteiger partial charge in [0.05, 0.1) is 17.5 Å². The maximum atomic E-state index is 12.1. The summed E-state index contributed by atoms with van der Waals surface area (Å²) in [7, 11) is 0. The van der Waals surface area contributed by atoms with Crippen LogP contribution in [0.4, 0.5) is 5.69 Å². The zero-order valence-corrected chi connectivity index (χ0v) is 10.6. The molecule has 0 saturated carbocycles. The van der Waals surface area contributed by atoms with E-state index < -0.39 is 0 Å². The minimum absolute atomic E-state index is 0.0239. The van der Waals surface area contributed by atoms with Crippen molar-refractivity contribution < 1.29 is 9.90 Å². The number of hydrazone groups is 1. The molecule has 0 aliphatic heterocycles. The van der Waals surface area contributed by atoms with E-state index in [2.05, 4.69) is 10.5 Å². The van der Waals surface area contributed by atoms with E-state index in [4.69, 9.17) is 0 Å². The second kappa shape index (κ2) is 5.01. The number of anilines is 1. The Morgan fingerprint density at radius 2 is 1.60 bits per heavy atom. The molecule has 0 amide bonds. The number of Topliss-reactive ketones (excluding diaryl/α,β-unsaturated/α-hetero) is 1. The van der Waals surface area contributed by atoms with E-state index in [9.17, 15) is 9.90 Å². The molecule has 0 aromatic heterocycles. The Labute approximate surface area is 116 Å². The van der Waals surface area contributed by atoms with Gasteiger partial charge in [0.25, 0.3) is 0 Å². The zero-order chi connectivity index (χ0) is 13.9. The first-order valence-corrected chi connectivity index (χ1v) is 6.19. The molecule has 2 aromatic carbocycles. The number of hydrogen-bond acceptors (Lipinski definition) is 4. The molecule has 1 aliphatic rings. The van der Waals surface area contributed by atoms with Crippen LogP contribution in [0.5, 0.6) is 0 Å². The second-order valence-electron chi connectivity index (χ2n) is 4.37. The summed E-state index contributed by atoms with van der Waals surface area (Å²) in [5, 5.41) is 14.0. The molecule has 20 heavy (non-hydrogen) atoms. The van der Waals surface area contributed by atoms with Crippen LogP contribution in [0.2, 0.25) is 0 Å². The standard InChI is InChI=1S/C16H12N2O2/c19-15-12-8-4-5-9-13(12)16(20)14(15)10-17-18-11-6-2-1-3-7-11/h1-10,18-19H/b17-10+. The van der Waals surface area contributed by atoms with Gasteiger partial charge in [-0.2, -0.15) is 5.10 Å². The second-order valence-corrected chi connectivity index (χ2v) is 4.37. The average molecular weight is 264 g/mol. The monoisotopic (exact) mass is 264 g/mol. The number of ketones is 1. The molecule has 2 aromatic rings. The number of carbonyl (C=O) groups excluding carboxylic acids is 1. The van der Waals surface area contributed by atoms with Gasteiger partial charge in [-0.15, -0.1) is 0 Å². The third-order valence-corrected chi connectivity index (χ3v) is 3.09. The maximum absolute atomic E-state index is 12.1. The highest BCUT2D eigenvalue weighted by Gasteiger charge is 2.27. The molecule has 0 radical (unpaired) electrons. The van der Waals surface area contributed by atoms with Gasteiger partial charge in [-0.3, -0.25) is 10.2 Å². The number of fused-ring (bicyclic) bond motifs is 1.